The molecule has 1 atom stereocenters. The number of nitrogens with zero attached hydrogens (tertiary/aromatic N) is 2. The van der Waals surface area contributed by atoms with E-state index < -0.39 is 0 Å². The molecule has 118 valence electrons. The number of carbonyl (C=O) groups is 1. The third-order valence-corrected chi connectivity index (χ3v) is 3.86. The van der Waals surface area contributed by atoms with Gasteiger partial charge in [0, 0.05) is 7.05 Å². The maximum absolute atomic E-state index is 12.3. The van der Waals surface area contributed by atoms with Gasteiger partial charge in [0.25, 0.3) is 5.91 Å². The second-order valence-corrected chi connectivity index (χ2v) is 6.86. The summed E-state index contributed by atoms with van der Waals surface area (Å²) in [4.78, 5) is 12.3. The van der Waals surface area contributed by atoms with Crippen LogP contribution < -0.4 is 5.32 Å². The zero-order chi connectivity index (χ0) is 16.5. The van der Waals surface area contributed by atoms with Crippen molar-refractivity contribution >= 4 is 5.91 Å². The number of amides is 1. The van der Waals surface area contributed by atoms with Crippen LogP contribution in [-0.2, 0) is 12.5 Å². The van der Waals surface area contributed by atoms with Crippen LogP contribution in [0.5, 0.6) is 0 Å². The van der Waals surface area contributed by atoms with Gasteiger partial charge in [-0.1, -0.05) is 45.0 Å². The molecule has 0 spiro atoms. The molecule has 0 saturated carbocycles. The lowest BCUT2D eigenvalue weighted by Crippen LogP contribution is -2.28. The molecule has 1 amide bonds. The summed E-state index contributed by atoms with van der Waals surface area (Å²) >= 11 is 0. The van der Waals surface area contributed by atoms with Gasteiger partial charge in [0.2, 0.25) is 0 Å². The van der Waals surface area contributed by atoms with Crippen molar-refractivity contribution in [2.24, 2.45) is 7.05 Å². The zero-order valence-electron chi connectivity index (χ0n) is 14.3. The SMILES string of the molecule is Cc1cc(C(=O)NC(C)c2ccc(C(C)(C)C)cc2)n(C)n1. The molecule has 0 radical (unpaired) electrons. The monoisotopic (exact) mass is 299 g/mol. The molecule has 1 unspecified atom stereocenters. The van der Waals surface area contributed by atoms with E-state index in [-0.39, 0.29) is 17.4 Å². The Balaban J connectivity index is 2.10. The number of hydrogen-bond donors (Lipinski definition) is 1. The molecule has 1 heterocycles. The van der Waals surface area contributed by atoms with E-state index in [0.29, 0.717) is 5.69 Å². The highest BCUT2D eigenvalue weighted by atomic mass is 16.2. The van der Waals surface area contributed by atoms with Gasteiger partial charge in [-0.05, 0) is 36.5 Å². The molecule has 0 saturated heterocycles. The van der Waals surface area contributed by atoms with Crippen LogP contribution in [0.15, 0.2) is 30.3 Å². The van der Waals surface area contributed by atoms with Gasteiger partial charge in [-0.15, -0.1) is 0 Å². The van der Waals surface area contributed by atoms with Gasteiger partial charge in [0.05, 0.1) is 11.7 Å². The van der Waals surface area contributed by atoms with Gasteiger partial charge in [-0.3, -0.25) is 9.48 Å². The van der Waals surface area contributed by atoms with Crippen LogP contribution in [0.4, 0.5) is 0 Å². The quantitative estimate of drug-likeness (QED) is 0.942. The van der Waals surface area contributed by atoms with Crippen molar-refractivity contribution in [1.29, 1.82) is 0 Å². The fourth-order valence-electron chi connectivity index (χ4n) is 2.45. The number of nitrogens with one attached hydrogen (secondary N) is 1. The number of aryl methyl sites for hydroxylation is 2. The second kappa shape index (κ2) is 5.95. The standard InChI is InChI=1S/C18H25N3O/c1-12-11-16(21(6)20-12)17(22)19-13(2)14-7-9-15(10-8-14)18(3,4)5/h7-11,13H,1-6H3,(H,19,22). The van der Waals surface area contributed by atoms with Gasteiger partial charge in [-0.25, -0.2) is 0 Å². The van der Waals surface area contributed by atoms with Gasteiger partial charge < -0.3 is 5.32 Å². The molecular formula is C18H25N3O. The van der Waals surface area contributed by atoms with E-state index in [9.17, 15) is 4.79 Å². The van der Waals surface area contributed by atoms with Crippen molar-refractivity contribution in [2.75, 3.05) is 0 Å². The highest BCUT2D eigenvalue weighted by molar-refractivity contribution is 5.92. The number of benzene rings is 1. The van der Waals surface area contributed by atoms with Crippen LogP contribution in [0.3, 0.4) is 0 Å². The van der Waals surface area contributed by atoms with Crippen molar-refractivity contribution in [2.45, 2.75) is 46.1 Å². The molecule has 0 bridgehead atoms. The molecule has 0 aliphatic rings. The van der Waals surface area contributed by atoms with Gasteiger partial charge >= 0.3 is 0 Å². The van der Waals surface area contributed by atoms with Crippen molar-refractivity contribution in [3.63, 3.8) is 0 Å². The van der Waals surface area contributed by atoms with Crippen LogP contribution in [0, 0.1) is 6.92 Å². The van der Waals surface area contributed by atoms with Gasteiger partial charge in [0.15, 0.2) is 0 Å². The van der Waals surface area contributed by atoms with E-state index in [1.165, 1.54) is 5.56 Å². The Hall–Kier alpha value is -2.10. The molecule has 1 aromatic carbocycles. The molecule has 1 aromatic heterocycles. The maximum Gasteiger partial charge on any atom is 0.270 e. The van der Waals surface area contributed by atoms with Gasteiger partial charge in [0.1, 0.15) is 5.69 Å². The Labute approximate surface area is 132 Å². The molecule has 4 heteroatoms. The molecule has 2 aromatic rings. The zero-order valence-corrected chi connectivity index (χ0v) is 14.3. The van der Waals surface area contributed by atoms with E-state index >= 15 is 0 Å². The Morgan fingerprint density at radius 2 is 1.82 bits per heavy atom. The summed E-state index contributed by atoms with van der Waals surface area (Å²) < 4.78 is 1.61. The van der Waals surface area contributed by atoms with Crippen molar-refractivity contribution in [1.82, 2.24) is 15.1 Å². The summed E-state index contributed by atoms with van der Waals surface area (Å²) in [6.45, 7) is 10.5. The molecule has 0 fully saturated rings. The molecule has 4 nitrogen and oxygen atoms in total. The fraction of sp³-hybridized carbons (Fsp3) is 0.444. The van der Waals surface area contributed by atoms with Crippen LogP contribution in [0.2, 0.25) is 0 Å². The maximum atomic E-state index is 12.3. The summed E-state index contributed by atoms with van der Waals surface area (Å²) in [7, 11) is 1.78. The first kappa shape index (κ1) is 16.3. The smallest absolute Gasteiger partial charge is 0.270 e. The van der Waals surface area contributed by atoms with E-state index in [1.807, 2.05) is 13.8 Å². The first-order chi connectivity index (χ1) is 10.2. The minimum Gasteiger partial charge on any atom is -0.344 e. The number of carbonyl (C=O) groups excluding carboxylic acids is 1. The number of rotatable bonds is 3. The highest BCUT2D eigenvalue weighted by Crippen LogP contribution is 2.24. The topological polar surface area (TPSA) is 46.9 Å². The predicted molar refractivity (Wildman–Crippen MR) is 89.0 cm³/mol. The summed E-state index contributed by atoms with van der Waals surface area (Å²) in [5.41, 5.74) is 3.94. The van der Waals surface area contributed by atoms with Crippen LogP contribution in [-0.4, -0.2) is 15.7 Å². The highest BCUT2D eigenvalue weighted by Gasteiger charge is 2.17. The molecule has 1 N–H and O–H groups in total. The average molecular weight is 299 g/mol. The Bertz CT molecular complexity index is 663. The average Bonchev–Trinajstić information content (AvgIpc) is 2.77. The van der Waals surface area contributed by atoms with Crippen LogP contribution >= 0.6 is 0 Å². The Morgan fingerprint density at radius 3 is 2.27 bits per heavy atom. The van der Waals surface area contributed by atoms with Crippen molar-refractivity contribution in [3.05, 3.63) is 52.8 Å². The summed E-state index contributed by atoms with van der Waals surface area (Å²) in [6.07, 6.45) is 0. The van der Waals surface area contributed by atoms with Crippen LogP contribution in [0.25, 0.3) is 0 Å². The number of aromatic nitrogens is 2. The van der Waals surface area contributed by atoms with E-state index in [2.05, 4.69) is 55.5 Å². The first-order valence-electron chi connectivity index (χ1n) is 7.60. The summed E-state index contributed by atoms with van der Waals surface area (Å²) in [5.74, 6) is -0.101. The third-order valence-electron chi connectivity index (χ3n) is 3.86. The Kier molecular flexibility index (Phi) is 4.40. The Morgan fingerprint density at radius 1 is 1.23 bits per heavy atom. The predicted octanol–water partition coefficient (Wildman–Crippen LogP) is 3.52. The van der Waals surface area contributed by atoms with Crippen molar-refractivity contribution < 1.29 is 4.79 Å². The lowest BCUT2D eigenvalue weighted by atomic mass is 9.86. The molecule has 2 rings (SSSR count). The number of hydrogen-bond acceptors (Lipinski definition) is 2. The van der Waals surface area contributed by atoms with Crippen LogP contribution in [0.1, 0.15) is 61.0 Å². The largest absolute Gasteiger partial charge is 0.344 e. The molecule has 0 aliphatic carbocycles. The van der Waals surface area contributed by atoms with Crippen molar-refractivity contribution in [3.8, 4) is 0 Å². The van der Waals surface area contributed by atoms with E-state index in [1.54, 1.807) is 17.8 Å². The fourth-order valence-corrected chi connectivity index (χ4v) is 2.45. The molecular weight excluding hydrogens is 274 g/mol. The lowest BCUT2D eigenvalue weighted by Gasteiger charge is -2.20. The van der Waals surface area contributed by atoms with E-state index in [0.717, 1.165) is 11.3 Å². The third kappa shape index (κ3) is 3.56. The summed E-state index contributed by atoms with van der Waals surface area (Å²) in [5, 5.41) is 7.23. The van der Waals surface area contributed by atoms with Gasteiger partial charge in [-0.2, -0.15) is 5.10 Å². The first-order valence-corrected chi connectivity index (χ1v) is 7.60. The minimum atomic E-state index is -0.101. The molecule has 22 heavy (non-hydrogen) atoms. The summed E-state index contributed by atoms with van der Waals surface area (Å²) in [6, 6.07) is 10.2. The lowest BCUT2D eigenvalue weighted by molar-refractivity contribution is 0.0930. The second-order valence-electron chi connectivity index (χ2n) is 6.86. The van der Waals surface area contributed by atoms with E-state index in [4.69, 9.17) is 0 Å². The molecule has 0 aliphatic heterocycles. The minimum absolute atomic E-state index is 0.0447. The normalized spacial score (nSPS) is 13.0.